The van der Waals surface area contributed by atoms with Gasteiger partial charge in [-0.1, -0.05) is 18.2 Å². The van der Waals surface area contributed by atoms with E-state index in [1.54, 1.807) is 0 Å². The summed E-state index contributed by atoms with van der Waals surface area (Å²) < 4.78 is 0. The van der Waals surface area contributed by atoms with Gasteiger partial charge in [0, 0.05) is 30.9 Å². The minimum Gasteiger partial charge on any atom is -0.352 e. The van der Waals surface area contributed by atoms with Gasteiger partial charge in [-0.15, -0.1) is 0 Å². The first kappa shape index (κ1) is 15.5. The Labute approximate surface area is 134 Å². The predicted molar refractivity (Wildman–Crippen MR) is 86.8 cm³/mol. The Kier molecular flexibility index (Phi) is 4.57. The summed E-state index contributed by atoms with van der Waals surface area (Å²) in [7, 11) is 0. The summed E-state index contributed by atoms with van der Waals surface area (Å²) in [6, 6.07) is 7.49. The summed E-state index contributed by atoms with van der Waals surface area (Å²) in [6.45, 7) is 0.732. The van der Waals surface area contributed by atoms with Gasteiger partial charge >= 0.3 is 0 Å². The Bertz CT molecular complexity index is 707. The van der Waals surface area contributed by atoms with Crippen LogP contribution in [0.5, 0.6) is 0 Å². The lowest BCUT2D eigenvalue weighted by molar-refractivity contribution is -0.121. The lowest BCUT2D eigenvalue weighted by atomic mass is 10.2. The van der Waals surface area contributed by atoms with Crippen LogP contribution in [0.3, 0.4) is 0 Å². The Balaban J connectivity index is 1.48. The van der Waals surface area contributed by atoms with Crippen molar-refractivity contribution >= 4 is 22.7 Å². The van der Waals surface area contributed by atoms with Crippen LogP contribution in [0.2, 0.25) is 0 Å². The average molecular weight is 315 g/mol. The van der Waals surface area contributed by atoms with Crippen LogP contribution in [0.4, 0.5) is 0 Å². The maximum absolute atomic E-state index is 12.2. The number of hydrogen-bond acceptors (Lipinski definition) is 4. The number of para-hydroxylation sites is 1. The standard InChI is InChI=1S/C16H21N5O2/c17-9-13(10-5-6-10)19-14(22)7-8-18-16(23)15-11-3-1-2-4-12(11)20-21-15/h1-4,10,13H,5-9,17H2,(H,18,23)(H,19,22)(H,20,21). The van der Waals surface area contributed by atoms with Crippen molar-refractivity contribution in [3.05, 3.63) is 30.0 Å². The summed E-state index contributed by atoms with van der Waals surface area (Å²) in [5, 5.41) is 13.3. The maximum Gasteiger partial charge on any atom is 0.272 e. The number of benzene rings is 1. The number of aromatic amines is 1. The molecule has 0 saturated heterocycles. The second-order valence-electron chi connectivity index (χ2n) is 5.87. The summed E-state index contributed by atoms with van der Waals surface area (Å²) in [6.07, 6.45) is 2.49. The van der Waals surface area contributed by atoms with Gasteiger partial charge in [-0.2, -0.15) is 5.10 Å². The van der Waals surface area contributed by atoms with E-state index in [0.29, 0.717) is 18.2 Å². The number of carbonyl (C=O) groups excluding carboxylic acids is 2. The van der Waals surface area contributed by atoms with Crippen LogP contribution in [0.1, 0.15) is 29.8 Å². The molecule has 1 aliphatic carbocycles. The molecule has 1 aliphatic rings. The fourth-order valence-electron chi connectivity index (χ4n) is 2.66. The molecule has 0 radical (unpaired) electrons. The Morgan fingerprint density at radius 2 is 2.13 bits per heavy atom. The van der Waals surface area contributed by atoms with Gasteiger partial charge in [-0.05, 0) is 24.8 Å². The van der Waals surface area contributed by atoms with Gasteiger partial charge in [0.1, 0.15) is 0 Å². The molecule has 2 amide bonds. The zero-order valence-corrected chi connectivity index (χ0v) is 12.8. The van der Waals surface area contributed by atoms with E-state index in [9.17, 15) is 9.59 Å². The fraction of sp³-hybridized carbons (Fsp3) is 0.438. The monoisotopic (exact) mass is 315 g/mol. The molecule has 3 rings (SSSR count). The third kappa shape index (κ3) is 3.68. The van der Waals surface area contributed by atoms with Crippen LogP contribution in [0.25, 0.3) is 10.9 Å². The summed E-state index contributed by atoms with van der Waals surface area (Å²) in [5.41, 5.74) is 6.82. The van der Waals surface area contributed by atoms with Gasteiger partial charge in [0.25, 0.3) is 5.91 Å². The van der Waals surface area contributed by atoms with E-state index >= 15 is 0 Å². The van der Waals surface area contributed by atoms with E-state index in [0.717, 1.165) is 23.7 Å². The lowest BCUT2D eigenvalue weighted by Gasteiger charge is -2.15. The number of amides is 2. The third-order valence-electron chi connectivity index (χ3n) is 4.11. The normalized spacial score (nSPS) is 15.3. The predicted octanol–water partition coefficient (Wildman–Crippen LogP) is 0.536. The van der Waals surface area contributed by atoms with Crippen molar-refractivity contribution in [2.24, 2.45) is 11.7 Å². The number of H-pyrrole nitrogens is 1. The van der Waals surface area contributed by atoms with E-state index < -0.39 is 0 Å². The molecule has 1 unspecified atom stereocenters. The van der Waals surface area contributed by atoms with Crippen molar-refractivity contribution in [3.63, 3.8) is 0 Å². The molecule has 23 heavy (non-hydrogen) atoms. The van der Waals surface area contributed by atoms with Crippen molar-refractivity contribution < 1.29 is 9.59 Å². The number of nitrogens with zero attached hydrogens (tertiary/aromatic N) is 1. The quantitative estimate of drug-likeness (QED) is 0.597. The molecule has 5 N–H and O–H groups in total. The molecule has 1 atom stereocenters. The number of nitrogens with one attached hydrogen (secondary N) is 3. The first-order valence-electron chi connectivity index (χ1n) is 7.89. The number of hydrogen-bond donors (Lipinski definition) is 4. The first-order chi connectivity index (χ1) is 11.2. The van der Waals surface area contributed by atoms with E-state index in [2.05, 4.69) is 20.8 Å². The zero-order chi connectivity index (χ0) is 16.2. The molecule has 2 aromatic rings. The summed E-state index contributed by atoms with van der Waals surface area (Å²) in [4.78, 5) is 24.0. The number of fused-ring (bicyclic) bond motifs is 1. The lowest BCUT2D eigenvalue weighted by Crippen LogP contribution is -2.42. The van der Waals surface area contributed by atoms with Gasteiger partial charge in [0.2, 0.25) is 5.91 Å². The van der Waals surface area contributed by atoms with Crippen LogP contribution < -0.4 is 16.4 Å². The zero-order valence-electron chi connectivity index (χ0n) is 12.8. The largest absolute Gasteiger partial charge is 0.352 e. The van der Waals surface area contributed by atoms with E-state index in [1.165, 1.54) is 0 Å². The molecular weight excluding hydrogens is 294 g/mol. The molecule has 7 heteroatoms. The highest BCUT2D eigenvalue weighted by atomic mass is 16.2. The number of aromatic nitrogens is 2. The van der Waals surface area contributed by atoms with E-state index in [1.807, 2.05) is 24.3 Å². The van der Waals surface area contributed by atoms with Gasteiger partial charge in [-0.25, -0.2) is 0 Å². The third-order valence-corrected chi connectivity index (χ3v) is 4.11. The van der Waals surface area contributed by atoms with E-state index in [-0.39, 0.29) is 30.8 Å². The topological polar surface area (TPSA) is 113 Å². The molecular formula is C16H21N5O2. The van der Waals surface area contributed by atoms with Crippen molar-refractivity contribution in [1.29, 1.82) is 0 Å². The molecule has 0 spiro atoms. The van der Waals surface area contributed by atoms with Gasteiger partial charge in [0.05, 0.1) is 5.52 Å². The molecule has 1 saturated carbocycles. The van der Waals surface area contributed by atoms with Crippen LogP contribution in [0, 0.1) is 5.92 Å². The smallest absolute Gasteiger partial charge is 0.272 e. The SMILES string of the molecule is NCC(NC(=O)CCNC(=O)c1n[nH]c2ccccc12)C1CC1. The van der Waals surface area contributed by atoms with Gasteiger partial charge in [0.15, 0.2) is 5.69 Å². The number of carbonyl (C=O) groups is 2. The van der Waals surface area contributed by atoms with Crippen LogP contribution in [-0.2, 0) is 4.79 Å². The molecule has 0 bridgehead atoms. The minimum absolute atomic E-state index is 0.0634. The second-order valence-corrected chi connectivity index (χ2v) is 5.87. The molecule has 122 valence electrons. The highest BCUT2D eigenvalue weighted by Crippen LogP contribution is 2.32. The van der Waals surface area contributed by atoms with Crippen LogP contribution in [0.15, 0.2) is 24.3 Å². The van der Waals surface area contributed by atoms with Crippen LogP contribution in [-0.4, -0.2) is 41.1 Å². The number of rotatable bonds is 7. The maximum atomic E-state index is 12.2. The first-order valence-corrected chi connectivity index (χ1v) is 7.89. The second kappa shape index (κ2) is 6.78. The summed E-state index contributed by atoms with van der Waals surface area (Å²) >= 11 is 0. The Hall–Kier alpha value is -2.41. The fourth-order valence-corrected chi connectivity index (χ4v) is 2.66. The average Bonchev–Trinajstić information content (AvgIpc) is 3.31. The molecule has 1 aromatic heterocycles. The van der Waals surface area contributed by atoms with Crippen molar-refractivity contribution in [1.82, 2.24) is 20.8 Å². The molecule has 1 fully saturated rings. The number of nitrogens with two attached hydrogens (primary N) is 1. The molecule has 7 nitrogen and oxygen atoms in total. The Morgan fingerprint density at radius 1 is 1.35 bits per heavy atom. The highest BCUT2D eigenvalue weighted by Gasteiger charge is 2.31. The van der Waals surface area contributed by atoms with E-state index in [4.69, 9.17) is 5.73 Å². The van der Waals surface area contributed by atoms with Crippen molar-refractivity contribution in [3.8, 4) is 0 Å². The minimum atomic E-state index is -0.284. The van der Waals surface area contributed by atoms with Crippen molar-refractivity contribution in [2.75, 3.05) is 13.1 Å². The highest BCUT2D eigenvalue weighted by molar-refractivity contribution is 6.04. The van der Waals surface area contributed by atoms with Gasteiger partial charge < -0.3 is 16.4 Å². The van der Waals surface area contributed by atoms with Crippen LogP contribution >= 0.6 is 0 Å². The van der Waals surface area contributed by atoms with Crippen molar-refractivity contribution in [2.45, 2.75) is 25.3 Å². The molecule has 1 heterocycles. The summed E-state index contributed by atoms with van der Waals surface area (Å²) in [5.74, 6) is 0.154. The molecule has 0 aliphatic heterocycles. The van der Waals surface area contributed by atoms with Gasteiger partial charge in [-0.3, -0.25) is 14.7 Å². The Morgan fingerprint density at radius 3 is 2.87 bits per heavy atom. The molecule has 1 aromatic carbocycles.